The summed E-state index contributed by atoms with van der Waals surface area (Å²) >= 11 is 8.18. The van der Waals surface area contributed by atoms with Crippen LogP contribution in [0.5, 0.6) is 0 Å². The third-order valence-electron chi connectivity index (χ3n) is 3.50. The normalized spacial score (nSPS) is 11.0. The predicted molar refractivity (Wildman–Crippen MR) is 99.8 cm³/mol. The Morgan fingerprint density at radius 1 is 1.27 bits per heavy atom. The molecular weight excluding hydrogens is 330 g/mol. The van der Waals surface area contributed by atoms with Crippen LogP contribution in [-0.2, 0) is 0 Å². The number of nitrogens with two attached hydrogens (primary N) is 1. The molecule has 0 aliphatic heterocycles. The van der Waals surface area contributed by atoms with Crippen LogP contribution < -0.4 is 5.73 Å². The van der Waals surface area contributed by atoms with Gasteiger partial charge >= 0.3 is 0 Å². The molecule has 0 spiro atoms. The van der Waals surface area contributed by atoms with E-state index in [-0.39, 0.29) is 0 Å². The summed E-state index contributed by atoms with van der Waals surface area (Å²) in [7, 11) is 0. The highest BCUT2D eigenvalue weighted by molar-refractivity contribution is 8.01. The Morgan fingerprint density at radius 2 is 2.09 bits per heavy atom. The highest BCUT2D eigenvalue weighted by Crippen LogP contribution is 2.38. The largest absolute Gasteiger partial charge is 0.393 e. The van der Waals surface area contributed by atoms with E-state index in [2.05, 4.69) is 47.4 Å². The molecule has 2 heterocycles. The maximum Gasteiger partial charge on any atom is 0.128 e. The molecule has 0 aliphatic carbocycles. The molecule has 0 bridgehead atoms. The second kappa shape index (κ2) is 6.32. The molecule has 3 rings (SSSR count). The summed E-state index contributed by atoms with van der Waals surface area (Å²) < 4.78 is 0. The lowest BCUT2D eigenvalue weighted by atomic mass is 10.0. The van der Waals surface area contributed by atoms with Crippen LogP contribution in [0.1, 0.15) is 11.1 Å². The minimum absolute atomic E-state index is 0.486. The monoisotopic (exact) mass is 345 g/mol. The number of nitrogens with zero attached hydrogens (tertiary/aromatic N) is 2. The third-order valence-corrected chi connectivity index (χ3v) is 5.76. The molecule has 3 aromatic rings. The molecule has 0 aliphatic rings. The van der Waals surface area contributed by atoms with Crippen molar-refractivity contribution in [2.75, 3.05) is 5.75 Å². The van der Waals surface area contributed by atoms with Crippen LogP contribution in [0.15, 0.2) is 34.9 Å². The van der Waals surface area contributed by atoms with Crippen molar-refractivity contribution in [1.29, 1.82) is 0 Å². The van der Waals surface area contributed by atoms with E-state index in [1.165, 1.54) is 22.3 Å². The number of thioether (sulfide) groups is 1. The Hall–Kier alpha value is -1.50. The van der Waals surface area contributed by atoms with Crippen LogP contribution in [0.25, 0.3) is 21.3 Å². The number of hydrogen-bond acceptors (Lipinski definition) is 5. The quantitative estimate of drug-likeness (QED) is 0.433. The molecule has 6 heteroatoms. The fourth-order valence-electron chi connectivity index (χ4n) is 2.22. The Balaban J connectivity index is 2.13. The Labute approximate surface area is 143 Å². The first-order chi connectivity index (χ1) is 10.6. The van der Waals surface area contributed by atoms with Crippen LogP contribution >= 0.6 is 35.3 Å². The first-order valence-corrected chi connectivity index (χ1v) is 9.04. The number of rotatable bonds is 4. The van der Waals surface area contributed by atoms with Gasteiger partial charge in [0.2, 0.25) is 0 Å². The van der Waals surface area contributed by atoms with Gasteiger partial charge in [0.05, 0.1) is 10.4 Å². The van der Waals surface area contributed by atoms with E-state index in [1.54, 1.807) is 29.4 Å². The third kappa shape index (κ3) is 2.99. The molecule has 3 nitrogen and oxygen atoms in total. The Kier molecular flexibility index (Phi) is 4.42. The van der Waals surface area contributed by atoms with E-state index >= 15 is 0 Å². The molecule has 2 aromatic heterocycles. The van der Waals surface area contributed by atoms with Crippen LogP contribution in [0.3, 0.4) is 0 Å². The molecule has 1 aromatic carbocycles. The molecule has 112 valence electrons. The van der Waals surface area contributed by atoms with Gasteiger partial charge in [-0.15, -0.1) is 11.3 Å². The molecule has 0 saturated carbocycles. The SMILES string of the molecule is Cc1ccc(-c2csc3ncnc(SCC(N)=S)c23)cc1C. The summed E-state index contributed by atoms with van der Waals surface area (Å²) in [6.07, 6.45) is 1.60. The molecule has 0 unspecified atom stereocenters. The molecule has 0 atom stereocenters. The van der Waals surface area contributed by atoms with Crippen LogP contribution in [-0.4, -0.2) is 20.7 Å². The van der Waals surface area contributed by atoms with Crippen molar-refractivity contribution < 1.29 is 0 Å². The maximum absolute atomic E-state index is 5.62. The van der Waals surface area contributed by atoms with Gasteiger partial charge in [0, 0.05) is 16.7 Å². The Bertz CT molecular complexity index is 855. The van der Waals surface area contributed by atoms with E-state index in [0.29, 0.717) is 10.7 Å². The minimum Gasteiger partial charge on any atom is -0.393 e. The lowest BCUT2D eigenvalue weighted by Gasteiger charge is -2.07. The van der Waals surface area contributed by atoms with Crippen molar-refractivity contribution >= 4 is 50.5 Å². The minimum atomic E-state index is 0.486. The van der Waals surface area contributed by atoms with E-state index in [4.69, 9.17) is 18.0 Å². The zero-order chi connectivity index (χ0) is 15.7. The van der Waals surface area contributed by atoms with Gasteiger partial charge in [-0.3, -0.25) is 0 Å². The van der Waals surface area contributed by atoms with Crippen molar-refractivity contribution in [3.8, 4) is 11.1 Å². The number of benzene rings is 1. The van der Waals surface area contributed by atoms with Crippen molar-refractivity contribution in [2.45, 2.75) is 18.9 Å². The van der Waals surface area contributed by atoms with Crippen molar-refractivity contribution in [2.24, 2.45) is 5.73 Å². The van der Waals surface area contributed by atoms with E-state index < -0.39 is 0 Å². The van der Waals surface area contributed by atoms with Crippen molar-refractivity contribution in [3.05, 3.63) is 41.0 Å². The second-order valence-corrected chi connectivity index (χ2v) is 7.41. The summed E-state index contributed by atoms with van der Waals surface area (Å²) in [5.41, 5.74) is 10.6. The first kappa shape index (κ1) is 15.4. The molecule has 0 amide bonds. The lowest BCUT2D eigenvalue weighted by Crippen LogP contribution is -2.10. The van der Waals surface area contributed by atoms with Crippen LogP contribution in [0.4, 0.5) is 0 Å². The number of thiophene rings is 1. The van der Waals surface area contributed by atoms with E-state index in [9.17, 15) is 0 Å². The maximum atomic E-state index is 5.62. The average Bonchev–Trinajstić information content (AvgIpc) is 2.92. The van der Waals surface area contributed by atoms with Gasteiger partial charge in [0.1, 0.15) is 16.2 Å². The number of thiocarbonyl (C=S) groups is 1. The standard InChI is InChI=1S/C16H15N3S3/c1-9-3-4-11(5-10(9)2)12-6-21-15-14(12)16(19-8-18-15)22-7-13(17)20/h3-6,8H,7H2,1-2H3,(H2,17,20). The molecule has 22 heavy (non-hydrogen) atoms. The fraction of sp³-hybridized carbons (Fsp3) is 0.188. The molecule has 0 radical (unpaired) electrons. The predicted octanol–water partition coefficient (Wildman–Crippen LogP) is 4.35. The smallest absolute Gasteiger partial charge is 0.128 e. The molecule has 2 N–H and O–H groups in total. The van der Waals surface area contributed by atoms with Gasteiger partial charge in [0.25, 0.3) is 0 Å². The topological polar surface area (TPSA) is 51.8 Å². The Morgan fingerprint density at radius 3 is 2.82 bits per heavy atom. The lowest BCUT2D eigenvalue weighted by molar-refractivity contribution is 1.11. The number of aromatic nitrogens is 2. The summed E-state index contributed by atoms with van der Waals surface area (Å²) in [6.45, 7) is 4.25. The van der Waals surface area contributed by atoms with E-state index in [1.807, 2.05) is 0 Å². The van der Waals surface area contributed by atoms with Gasteiger partial charge in [-0.05, 0) is 30.5 Å². The fourth-order valence-corrected chi connectivity index (χ4v) is 4.13. The van der Waals surface area contributed by atoms with Crippen molar-refractivity contribution in [1.82, 2.24) is 9.97 Å². The van der Waals surface area contributed by atoms with Gasteiger partial charge in [-0.2, -0.15) is 0 Å². The van der Waals surface area contributed by atoms with E-state index in [0.717, 1.165) is 15.2 Å². The highest BCUT2D eigenvalue weighted by atomic mass is 32.2. The highest BCUT2D eigenvalue weighted by Gasteiger charge is 2.14. The first-order valence-electron chi connectivity index (χ1n) is 6.77. The molecule has 0 fully saturated rings. The summed E-state index contributed by atoms with van der Waals surface area (Å²) in [6, 6.07) is 6.52. The second-order valence-electron chi connectivity index (χ2n) is 5.06. The summed E-state index contributed by atoms with van der Waals surface area (Å²) in [5.74, 6) is 0.587. The zero-order valence-electron chi connectivity index (χ0n) is 12.3. The zero-order valence-corrected chi connectivity index (χ0v) is 14.7. The van der Waals surface area contributed by atoms with Gasteiger partial charge < -0.3 is 5.73 Å². The number of hydrogen-bond donors (Lipinski definition) is 1. The average molecular weight is 346 g/mol. The van der Waals surface area contributed by atoms with Gasteiger partial charge in [0.15, 0.2) is 0 Å². The number of fused-ring (bicyclic) bond motifs is 1. The van der Waals surface area contributed by atoms with Crippen molar-refractivity contribution in [3.63, 3.8) is 0 Å². The molecule has 0 saturated heterocycles. The summed E-state index contributed by atoms with van der Waals surface area (Å²) in [4.78, 5) is 10.3. The molecular formula is C16H15N3S3. The van der Waals surface area contributed by atoms with Gasteiger partial charge in [-0.25, -0.2) is 9.97 Å². The van der Waals surface area contributed by atoms with Crippen LogP contribution in [0, 0.1) is 13.8 Å². The van der Waals surface area contributed by atoms with Gasteiger partial charge in [-0.1, -0.05) is 42.2 Å². The van der Waals surface area contributed by atoms with Crippen LogP contribution in [0.2, 0.25) is 0 Å². The number of aryl methyl sites for hydroxylation is 2. The summed E-state index contributed by atoms with van der Waals surface area (Å²) in [5, 5.41) is 4.18.